The third kappa shape index (κ3) is 9.26. The van der Waals surface area contributed by atoms with E-state index in [0.29, 0.717) is 62.0 Å². The Balaban J connectivity index is 0.00000630. The minimum atomic E-state index is -0.207. The Morgan fingerprint density at radius 1 is 0.431 bits per heavy atom. The fraction of sp³-hybridized carbons (Fsp3) is 0.250. The molecule has 0 aliphatic heterocycles. The van der Waals surface area contributed by atoms with Gasteiger partial charge in [0.15, 0.2) is 0 Å². The summed E-state index contributed by atoms with van der Waals surface area (Å²) in [7, 11) is 0. The predicted molar refractivity (Wildman–Crippen MR) is 261 cm³/mol. The van der Waals surface area contributed by atoms with E-state index in [1.165, 1.54) is 0 Å². The zero-order valence-electron chi connectivity index (χ0n) is 37.9. The summed E-state index contributed by atoms with van der Waals surface area (Å²) < 4.78 is 13.2. The number of hydrogen-bond donors (Lipinski definition) is 2. The molecule has 328 valence electrons. The van der Waals surface area contributed by atoms with Gasteiger partial charge in [-0.2, -0.15) is 0 Å². The smallest absolute Gasteiger partial charge is 0.257 e. The van der Waals surface area contributed by atoms with Gasteiger partial charge in [-0.15, -0.1) is 0 Å². The number of phenols is 2. The minimum Gasteiger partial charge on any atom is -0.506 e. The van der Waals surface area contributed by atoms with Gasteiger partial charge >= 0.3 is 0 Å². The number of ether oxygens (including phenoxy) is 2. The van der Waals surface area contributed by atoms with Crippen molar-refractivity contribution < 1.29 is 48.8 Å². The van der Waals surface area contributed by atoms with Crippen LogP contribution in [-0.4, -0.2) is 71.2 Å². The summed E-state index contributed by atoms with van der Waals surface area (Å²) in [6.07, 6.45) is 3.40. The van der Waals surface area contributed by atoms with Gasteiger partial charge in [-0.25, -0.2) is 0 Å². The third-order valence-electron chi connectivity index (χ3n) is 12.4. The molecule has 0 fully saturated rings. The van der Waals surface area contributed by atoms with Crippen molar-refractivity contribution in [2.24, 2.45) is 0 Å². The van der Waals surface area contributed by atoms with Gasteiger partial charge in [0, 0.05) is 67.9 Å². The van der Waals surface area contributed by atoms with Crippen LogP contribution < -0.4 is 9.47 Å². The Bertz CT molecular complexity index is 2790. The zero-order valence-corrected chi connectivity index (χ0v) is 40.9. The van der Waals surface area contributed by atoms with Crippen LogP contribution in [0, 0.1) is 0 Å². The van der Waals surface area contributed by atoms with Crippen LogP contribution in [0.2, 0.25) is 0 Å². The van der Waals surface area contributed by atoms with Gasteiger partial charge in [-0.1, -0.05) is 109 Å². The molecule has 0 unspecified atom stereocenters. The number of nitrogens with zero attached hydrogens (tertiary/aromatic N) is 2. The standard InChI is InChI=1S/C56H56N2O6.Zn/c1-5-57(6-2)55(61)45-35-39-23-13-17-27-43(39)51(53(45)59)49-41-25-15-11-21-37(41)29-31-47(49)63-33-19-9-10-20-34-64-48-32-30-38-22-12-16-26-42(38)50(48)52-44-28-18-14-24-40(44)36-46(54(52)60)56(62)58(7-3)8-4;/h11-18,21-32,35-36,59-60H,5-10,19-20,33-34H2,1-4H3;. The monoisotopic (exact) mass is 916 g/mol. The number of benzene rings is 8. The molecule has 0 bridgehead atoms. The van der Waals surface area contributed by atoms with Crippen molar-refractivity contribution in [3.8, 4) is 45.3 Å². The molecule has 65 heavy (non-hydrogen) atoms. The van der Waals surface area contributed by atoms with Crippen molar-refractivity contribution in [2.45, 2.75) is 53.4 Å². The van der Waals surface area contributed by atoms with Crippen LogP contribution in [0.1, 0.15) is 74.1 Å². The van der Waals surface area contributed by atoms with Crippen LogP contribution in [0.15, 0.2) is 133 Å². The van der Waals surface area contributed by atoms with E-state index in [4.69, 9.17) is 9.47 Å². The molecule has 8 aromatic rings. The molecule has 0 aliphatic carbocycles. The molecule has 8 nitrogen and oxygen atoms in total. The second-order valence-corrected chi connectivity index (χ2v) is 16.1. The molecular formula is C56H56N2O6Zn. The summed E-state index contributed by atoms with van der Waals surface area (Å²) >= 11 is 0. The van der Waals surface area contributed by atoms with Crippen LogP contribution in [0.5, 0.6) is 23.0 Å². The van der Waals surface area contributed by atoms with Crippen molar-refractivity contribution in [2.75, 3.05) is 39.4 Å². The molecule has 0 aliphatic rings. The summed E-state index contributed by atoms with van der Waals surface area (Å²) in [5.74, 6) is 0.795. The molecule has 2 N–H and O–H groups in total. The van der Waals surface area contributed by atoms with E-state index in [1.54, 1.807) is 21.9 Å². The maximum absolute atomic E-state index is 13.8. The third-order valence-corrected chi connectivity index (χ3v) is 12.4. The summed E-state index contributed by atoms with van der Waals surface area (Å²) in [4.78, 5) is 31.0. The fourth-order valence-corrected chi connectivity index (χ4v) is 9.05. The Morgan fingerprint density at radius 3 is 1.11 bits per heavy atom. The number of amides is 2. The molecule has 8 aromatic carbocycles. The molecule has 2 amide bonds. The SMILES string of the molecule is CCN(CC)C(=O)c1cc2ccccc2c(-c2c(OCCCCCCOc3ccc4ccccc4c3-c3c(O)c(C(=O)N(CC)CC)cc4ccccc34)ccc3ccccc23)c1O.[Zn]. The molecular weight excluding hydrogens is 862 g/mol. The molecule has 0 spiro atoms. The normalized spacial score (nSPS) is 11.2. The van der Waals surface area contributed by atoms with Gasteiger partial charge < -0.3 is 29.5 Å². The van der Waals surface area contributed by atoms with E-state index < -0.39 is 0 Å². The molecule has 0 aromatic heterocycles. The molecule has 0 saturated heterocycles. The Kier molecular flexibility index (Phi) is 15.1. The van der Waals surface area contributed by atoms with Crippen molar-refractivity contribution in [3.63, 3.8) is 0 Å². The Hall–Kier alpha value is -6.44. The first-order chi connectivity index (χ1) is 31.3. The summed E-state index contributed by atoms with van der Waals surface area (Å²) in [6.45, 7) is 10.8. The first kappa shape index (κ1) is 46.6. The van der Waals surface area contributed by atoms with E-state index in [0.717, 1.165) is 79.9 Å². The first-order valence-electron chi connectivity index (χ1n) is 22.7. The number of hydrogen-bond acceptors (Lipinski definition) is 6. The van der Waals surface area contributed by atoms with E-state index >= 15 is 0 Å². The number of phenolic OH excluding ortho intramolecular Hbond substituents is 2. The minimum absolute atomic E-state index is 0. The molecule has 0 radical (unpaired) electrons. The summed E-state index contributed by atoms with van der Waals surface area (Å²) in [5.41, 5.74) is 3.27. The maximum atomic E-state index is 13.8. The first-order valence-corrected chi connectivity index (χ1v) is 22.7. The quantitative estimate of drug-likeness (QED) is 0.0697. The van der Waals surface area contributed by atoms with Crippen molar-refractivity contribution in [1.29, 1.82) is 0 Å². The molecule has 0 saturated carbocycles. The number of rotatable bonds is 17. The van der Waals surface area contributed by atoms with E-state index in [1.807, 2.05) is 149 Å². The molecule has 9 heteroatoms. The number of carbonyl (C=O) groups excluding carboxylic acids is 2. The van der Waals surface area contributed by atoms with Crippen molar-refractivity contribution in [1.82, 2.24) is 9.80 Å². The van der Waals surface area contributed by atoms with E-state index in [9.17, 15) is 19.8 Å². The summed E-state index contributed by atoms with van der Waals surface area (Å²) in [6, 6.07) is 43.5. The van der Waals surface area contributed by atoms with Crippen LogP contribution in [-0.2, 0) is 19.5 Å². The Morgan fingerprint density at radius 2 is 0.754 bits per heavy atom. The van der Waals surface area contributed by atoms with Crippen LogP contribution in [0.3, 0.4) is 0 Å². The maximum Gasteiger partial charge on any atom is 0.257 e. The molecule has 0 atom stereocenters. The number of fused-ring (bicyclic) bond motifs is 4. The largest absolute Gasteiger partial charge is 0.506 e. The van der Waals surface area contributed by atoms with Gasteiger partial charge in [0.05, 0.1) is 24.3 Å². The van der Waals surface area contributed by atoms with Crippen LogP contribution in [0.4, 0.5) is 0 Å². The van der Waals surface area contributed by atoms with Gasteiger partial charge in [0.1, 0.15) is 23.0 Å². The number of unbranched alkanes of at least 4 members (excludes halogenated alkanes) is 3. The second-order valence-electron chi connectivity index (χ2n) is 16.1. The number of aromatic hydroxyl groups is 2. The van der Waals surface area contributed by atoms with Crippen LogP contribution >= 0.6 is 0 Å². The number of carbonyl (C=O) groups is 2. The second kappa shape index (κ2) is 21.0. The van der Waals surface area contributed by atoms with Crippen molar-refractivity contribution in [3.05, 3.63) is 145 Å². The Labute approximate surface area is 394 Å². The predicted octanol–water partition coefficient (Wildman–Crippen LogP) is 13.0. The van der Waals surface area contributed by atoms with Gasteiger partial charge in [0.25, 0.3) is 11.8 Å². The van der Waals surface area contributed by atoms with Crippen LogP contribution in [0.25, 0.3) is 65.3 Å². The fourth-order valence-electron chi connectivity index (χ4n) is 9.05. The van der Waals surface area contributed by atoms with Gasteiger partial charge in [-0.05, 0) is 121 Å². The molecule has 8 rings (SSSR count). The van der Waals surface area contributed by atoms with Gasteiger partial charge in [-0.3, -0.25) is 9.59 Å². The average Bonchev–Trinajstić information content (AvgIpc) is 3.33. The average molecular weight is 918 g/mol. The topological polar surface area (TPSA) is 99.5 Å². The van der Waals surface area contributed by atoms with E-state index in [-0.39, 0.29) is 53.9 Å². The van der Waals surface area contributed by atoms with Crippen molar-refractivity contribution >= 4 is 54.9 Å². The summed E-state index contributed by atoms with van der Waals surface area (Å²) in [5, 5.41) is 31.4. The molecule has 0 heterocycles. The van der Waals surface area contributed by atoms with Gasteiger partial charge in [0.2, 0.25) is 0 Å². The van der Waals surface area contributed by atoms with E-state index in [2.05, 4.69) is 0 Å². The zero-order chi connectivity index (χ0) is 44.7.